The number of rotatable bonds is 5. The Morgan fingerprint density at radius 3 is 1.32 bits per heavy atom. The fourth-order valence-electron chi connectivity index (χ4n) is 7.75. The monoisotopic (exact) mass is 732 g/mol. The maximum absolute atomic E-state index is 14.5. The molecule has 0 aliphatic rings. The third-order valence-corrected chi connectivity index (χ3v) is 10.2. The molecule has 0 N–H and O–H groups in total. The summed E-state index contributed by atoms with van der Waals surface area (Å²) in [6.45, 7) is 0. The molecule has 9 heteroatoms. The number of nitrogens with zero attached hydrogens (tertiary/aromatic N) is 6. The molecule has 0 radical (unpaired) electrons. The van der Waals surface area contributed by atoms with E-state index in [2.05, 4.69) is 22.8 Å². The molecular formula is C47H27F3N6. The summed E-state index contributed by atoms with van der Waals surface area (Å²) >= 11 is 0. The number of fused-ring (bicyclic) bond motifs is 6. The van der Waals surface area contributed by atoms with Crippen LogP contribution in [0.15, 0.2) is 164 Å². The molecule has 56 heavy (non-hydrogen) atoms. The molecule has 10 aromatic rings. The van der Waals surface area contributed by atoms with Gasteiger partial charge in [0.05, 0.1) is 50.6 Å². The predicted molar refractivity (Wildman–Crippen MR) is 215 cm³/mol. The Morgan fingerprint density at radius 1 is 0.446 bits per heavy atom. The Balaban J connectivity index is 1.29. The maximum Gasteiger partial charge on any atom is 0.416 e. The van der Waals surface area contributed by atoms with Crippen LogP contribution in [0, 0.1) is 11.3 Å². The second kappa shape index (κ2) is 12.8. The standard InChI is InChI=1S/C47H27F3N6/c48-47(49,50)31-23-25-37(43(27-31)56-40-20-10-6-16-34(40)35-17-7-11-21-41(35)56)46-53-44(30-12-2-1-3-13-30)52-45(54-46)36-24-22-29(28-51)26-42(36)55-38-18-8-4-14-32(38)33-15-5-9-19-39(33)55/h1-27H. The number of hydrogen-bond acceptors (Lipinski definition) is 4. The number of benzene rings is 7. The average molecular weight is 733 g/mol. The van der Waals surface area contributed by atoms with E-state index in [0.29, 0.717) is 39.6 Å². The van der Waals surface area contributed by atoms with E-state index in [1.165, 1.54) is 12.1 Å². The van der Waals surface area contributed by atoms with Crippen molar-refractivity contribution in [3.63, 3.8) is 0 Å². The zero-order valence-corrected chi connectivity index (χ0v) is 29.4. The number of hydrogen-bond donors (Lipinski definition) is 0. The number of aromatic nitrogens is 5. The first-order chi connectivity index (χ1) is 27.4. The van der Waals surface area contributed by atoms with Gasteiger partial charge in [-0.3, -0.25) is 0 Å². The molecule has 0 aliphatic carbocycles. The van der Waals surface area contributed by atoms with Gasteiger partial charge in [0.1, 0.15) is 0 Å². The summed E-state index contributed by atoms with van der Waals surface area (Å²) in [5, 5.41) is 14.0. The van der Waals surface area contributed by atoms with Crippen molar-refractivity contribution in [3.05, 3.63) is 175 Å². The smallest absolute Gasteiger partial charge is 0.308 e. The molecule has 0 bridgehead atoms. The van der Waals surface area contributed by atoms with E-state index < -0.39 is 11.7 Å². The van der Waals surface area contributed by atoms with Crippen molar-refractivity contribution in [1.29, 1.82) is 5.26 Å². The third kappa shape index (κ3) is 5.30. The first-order valence-electron chi connectivity index (χ1n) is 17.9. The average Bonchev–Trinajstić information content (AvgIpc) is 3.76. The Labute approximate surface area is 318 Å². The summed E-state index contributed by atoms with van der Waals surface area (Å²) in [6, 6.07) is 52.2. The quantitative estimate of drug-likeness (QED) is 0.177. The second-order valence-corrected chi connectivity index (χ2v) is 13.5. The van der Waals surface area contributed by atoms with Crippen molar-refractivity contribution in [2.24, 2.45) is 0 Å². The van der Waals surface area contributed by atoms with Crippen LogP contribution in [-0.2, 0) is 6.18 Å². The van der Waals surface area contributed by atoms with Gasteiger partial charge in [-0.05, 0) is 60.7 Å². The van der Waals surface area contributed by atoms with Crippen molar-refractivity contribution in [3.8, 4) is 51.6 Å². The van der Waals surface area contributed by atoms with Crippen molar-refractivity contribution in [2.75, 3.05) is 0 Å². The van der Waals surface area contributed by atoms with Gasteiger partial charge in [-0.1, -0.05) is 103 Å². The van der Waals surface area contributed by atoms with Gasteiger partial charge in [0.2, 0.25) is 0 Å². The van der Waals surface area contributed by atoms with Crippen molar-refractivity contribution in [2.45, 2.75) is 6.18 Å². The molecule has 0 saturated heterocycles. The van der Waals surface area contributed by atoms with E-state index in [1.54, 1.807) is 6.07 Å². The summed E-state index contributed by atoms with van der Waals surface area (Å²) in [7, 11) is 0. The van der Waals surface area contributed by atoms with Crippen LogP contribution in [0.25, 0.3) is 89.2 Å². The van der Waals surface area contributed by atoms with Crippen LogP contribution in [0.5, 0.6) is 0 Å². The minimum atomic E-state index is -4.61. The van der Waals surface area contributed by atoms with Gasteiger partial charge < -0.3 is 9.13 Å². The molecular weight excluding hydrogens is 706 g/mol. The summed E-state index contributed by atoms with van der Waals surface area (Å²) in [5.41, 5.74) is 5.64. The number of para-hydroxylation sites is 4. The lowest BCUT2D eigenvalue weighted by Gasteiger charge is -2.18. The molecule has 0 amide bonds. The van der Waals surface area contributed by atoms with Crippen LogP contribution >= 0.6 is 0 Å². The van der Waals surface area contributed by atoms with Crippen LogP contribution in [0.4, 0.5) is 13.2 Å². The van der Waals surface area contributed by atoms with E-state index in [4.69, 9.17) is 15.0 Å². The Hall–Kier alpha value is -7.57. The fourth-order valence-corrected chi connectivity index (χ4v) is 7.75. The lowest BCUT2D eigenvalue weighted by Crippen LogP contribution is -2.09. The largest absolute Gasteiger partial charge is 0.416 e. The van der Waals surface area contributed by atoms with E-state index in [1.807, 2.05) is 132 Å². The molecule has 0 saturated carbocycles. The highest BCUT2D eigenvalue weighted by Gasteiger charge is 2.32. The summed E-state index contributed by atoms with van der Waals surface area (Å²) in [5.74, 6) is 0.830. The molecule has 0 aliphatic heterocycles. The minimum Gasteiger partial charge on any atom is -0.308 e. The van der Waals surface area contributed by atoms with E-state index in [-0.39, 0.29) is 11.5 Å². The van der Waals surface area contributed by atoms with Gasteiger partial charge in [0.25, 0.3) is 0 Å². The summed E-state index contributed by atoms with van der Waals surface area (Å²) in [4.78, 5) is 15.1. The zero-order valence-electron chi connectivity index (χ0n) is 29.4. The Morgan fingerprint density at radius 2 is 0.857 bits per heavy atom. The molecule has 0 fully saturated rings. The fraction of sp³-hybridized carbons (Fsp3) is 0.0213. The lowest BCUT2D eigenvalue weighted by atomic mass is 10.1. The summed E-state index contributed by atoms with van der Waals surface area (Å²) < 4.78 is 47.5. The van der Waals surface area contributed by atoms with Gasteiger partial charge in [-0.25, -0.2) is 15.0 Å². The topological polar surface area (TPSA) is 72.3 Å². The number of halogens is 3. The molecule has 3 heterocycles. The van der Waals surface area contributed by atoms with E-state index in [9.17, 15) is 18.4 Å². The van der Waals surface area contributed by atoms with Crippen LogP contribution in [0.3, 0.4) is 0 Å². The molecule has 0 spiro atoms. The number of nitriles is 1. The molecule has 6 nitrogen and oxygen atoms in total. The van der Waals surface area contributed by atoms with Gasteiger partial charge in [0.15, 0.2) is 17.5 Å². The van der Waals surface area contributed by atoms with E-state index in [0.717, 1.165) is 49.7 Å². The molecule has 0 atom stereocenters. The highest BCUT2D eigenvalue weighted by atomic mass is 19.4. The second-order valence-electron chi connectivity index (χ2n) is 13.5. The molecule has 0 unspecified atom stereocenters. The lowest BCUT2D eigenvalue weighted by molar-refractivity contribution is -0.137. The minimum absolute atomic E-state index is 0.192. The number of alkyl halides is 3. The van der Waals surface area contributed by atoms with Crippen LogP contribution in [0.1, 0.15) is 11.1 Å². The highest BCUT2D eigenvalue weighted by Crippen LogP contribution is 2.41. The van der Waals surface area contributed by atoms with Crippen molar-refractivity contribution >= 4 is 43.6 Å². The zero-order chi connectivity index (χ0) is 38.0. The Bertz CT molecular complexity index is 3100. The van der Waals surface area contributed by atoms with Gasteiger partial charge >= 0.3 is 6.18 Å². The van der Waals surface area contributed by atoms with Crippen LogP contribution in [0.2, 0.25) is 0 Å². The van der Waals surface area contributed by atoms with Crippen molar-refractivity contribution in [1.82, 2.24) is 24.1 Å². The van der Waals surface area contributed by atoms with Crippen LogP contribution in [-0.4, -0.2) is 24.1 Å². The first kappa shape index (κ1) is 33.0. The van der Waals surface area contributed by atoms with Gasteiger partial charge in [0, 0.05) is 38.2 Å². The molecule has 10 rings (SSSR count). The highest BCUT2D eigenvalue weighted by molar-refractivity contribution is 6.10. The van der Waals surface area contributed by atoms with E-state index >= 15 is 0 Å². The third-order valence-electron chi connectivity index (χ3n) is 10.2. The Kier molecular flexibility index (Phi) is 7.54. The normalized spacial score (nSPS) is 11.8. The molecule has 266 valence electrons. The van der Waals surface area contributed by atoms with Gasteiger partial charge in [-0.2, -0.15) is 18.4 Å². The molecule has 7 aromatic carbocycles. The van der Waals surface area contributed by atoms with Crippen LogP contribution < -0.4 is 0 Å². The summed E-state index contributed by atoms with van der Waals surface area (Å²) in [6.07, 6.45) is -4.61. The maximum atomic E-state index is 14.5. The first-order valence-corrected chi connectivity index (χ1v) is 17.9. The molecule has 3 aromatic heterocycles. The SMILES string of the molecule is N#Cc1ccc(-c2nc(-c3ccccc3)nc(-c3ccc(C(F)(F)F)cc3-n3c4ccccc4c4ccccc43)n2)c(-n2c3ccccc3c3ccccc32)c1. The van der Waals surface area contributed by atoms with Gasteiger partial charge in [-0.15, -0.1) is 0 Å². The predicted octanol–water partition coefficient (Wildman–Crippen LogP) is 12.0. The van der Waals surface area contributed by atoms with Crippen molar-refractivity contribution < 1.29 is 13.2 Å².